The first kappa shape index (κ1) is 11.7. The molecular weight excluding hydrogens is 224 g/mol. The third-order valence-electron chi connectivity index (χ3n) is 3.17. The second kappa shape index (κ2) is 4.60. The summed E-state index contributed by atoms with van der Waals surface area (Å²) in [4.78, 5) is 6.17. The van der Waals surface area contributed by atoms with Gasteiger partial charge in [0.2, 0.25) is 0 Å². The second-order valence-electron chi connectivity index (χ2n) is 4.60. The van der Waals surface area contributed by atoms with Crippen molar-refractivity contribution in [2.24, 2.45) is 0 Å². The van der Waals surface area contributed by atoms with Crippen LogP contribution in [-0.2, 0) is 0 Å². The van der Waals surface area contributed by atoms with Crippen LogP contribution in [0.2, 0.25) is 5.02 Å². The molecule has 1 heterocycles. The van der Waals surface area contributed by atoms with Gasteiger partial charge in [-0.2, -0.15) is 0 Å². The van der Waals surface area contributed by atoms with Gasteiger partial charge in [-0.3, -0.25) is 0 Å². The molecule has 0 bridgehead atoms. The molecule has 88 valence electrons. The maximum absolute atomic E-state index is 10.3. The highest BCUT2D eigenvalue weighted by Gasteiger charge is 2.32. The van der Waals surface area contributed by atoms with Gasteiger partial charge in [0, 0.05) is 19.8 Å². The summed E-state index contributed by atoms with van der Waals surface area (Å²) in [5.74, 6) is 0.740. The van der Waals surface area contributed by atoms with E-state index < -0.39 is 5.60 Å². The summed E-state index contributed by atoms with van der Waals surface area (Å²) in [6.45, 7) is 0.601. The van der Waals surface area contributed by atoms with Crippen LogP contribution in [0, 0.1) is 0 Å². The molecule has 1 saturated carbocycles. The van der Waals surface area contributed by atoms with Gasteiger partial charge in [-0.1, -0.05) is 24.4 Å². The maximum atomic E-state index is 10.3. The lowest BCUT2D eigenvalue weighted by atomic mass is 10.0. The summed E-state index contributed by atoms with van der Waals surface area (Å²) in [7, 11) is 1.92. The number of hydrogen-bond donors (Lipinski definition) is 1. The van der Waals surface area contributed by atoms with E-state index in [0.29, 0.717) is 11.6 Å². The quantitative estimate of drug-likeness (QED) is 0.882. The van der Waals surface area contributed by atoms with E-state index in [4.69, 9.17) is 11.6 Å². The Bertz CT molecular complexity index is 364. The molecule has 4 heteroatoms. The van der Waals surface area contributed by atoms with E-state index in [1.807, 2.05) is 24.1 Å². The van der Waals surface area contributed by atoms with Crippen LogP contribution in [0.1, 0.15) is 25.7 Å². The highest BCUT2D eigenvalue weighted by Crippen LogP contribution is 2.32. The predicted molar refractivity (Wildman–Crippen MR) is 65.9 cm³/mol. The highest BCUT2D eigenvalue weighted by atomic mass is 35.5. The first-order valence-electron chi connectivity index (χ1n) is 5.65. The van der Waals surface area contributed by atoms with Crippen molar-refractivity contribution in [1.82, 2.24) is 4.98 Å². The van der Waals surface area contributed by atoms with E-state index >= 15 is 0 Å². The number of anilines is 1. The minimum Gasteiger partial charge on any atom is -0.388 e. The summed E-state index contributed by atoms with van der Waals surface area (Å²) < 4.78 is 0. The van der Waals surface area contributed by atoms with E-state index in [9.17, 15) is 5.11 Å². The fourth-order valence-electron chi connectivity index (χ4n) is 2.37. The van der Waals surface area contributed by atoms with E-state index in [2.05, 4.69) is 4.98 Å². The standard InChI is InChI=1S/C12H17ClN2O/c1-15(9-12(16)6-2-3-7-12)11-10(13)5-4-8-14-11/h4-5,8,16H,2-3,6-7,9H2,1H3. The Kier molecular flexibility index (Phi) is 3.36. The summed E-state index contributed by atoms with van der Waals surface area (Å²) >= 11 is 6.06. The molecule has 3 nitrogen and oxygen atoms in total. The first-order valence-corrected chi connectivity index (χ1v) is 6.03. The summed E-state index contributed by atoms with van der Waals surface area (Å²) in [5.41, 5.74) is -0.560. The van der Waals surface area contributed by atoms with Crippen LogP contribution in [0.4, 0.5) is 5.82 Å². The van der Waals surface area contributed by atoms with Gasteiger partial charge in [-0.25, -0.2) is 4.98 Å². The van der Waals surface area contributed by atoms with E-state index in [0.717, 1.165) is 31.5 Å². The van der Waals surface area contributed by atoms with E-state index in [1.54, 1.807) is 6.20 Å². The van der Waals surface area contributed by atoms with Crippen LogP contribution in [0.3, 0.4) is 0 Å². The smallest absolute Gasteiger partial charge is 0.147 e. The van der Waals surface area contributed by atoms with Crippen molar-refractivity contribution in [2.75, 3.05) is 18.5 Å². The van der Waals surface area contributed by atoms with Crippen molar-refractivity contribution in [3.05, 3.63) is 23.4 Å². The summed E-state index contributed by atoms with van der Waals surface area (Å²) in [5, 5.41) is 10.9. The monoisotopic (exact) mass is 240 g/mol. The topological polar surface area (TPSA) is 36.4 Å². The molecule has 0 unspecified atom stereocenters. The van der Waals surface area contributed by atoms with Crippen LogP contribution >= 0.6 is 11.6 Å². The molecule has 1 N–H and O–H groups in total. The predicted octanol–water partition coefficient (Wildman–Crippen LogP) is 2.48. The van der Waals surface area contributed by atoms with Crippen molar-refractivity contribution in [3.8, 4) is 0 Å². The van der Waals surface area contributed by atoms with Crippen molar-refractivity contribution < 1.29 is 5.11 Å². The molecule has 0 amide bonds. The molecular formula is C12H17ClN2O. The number of rotatable bonds is 3. The highest BCUT2D eigenvalue weighted by molar-refractivity contribution is 6.32. The number of nitrogens with zero attached hydrogens (tertiary/aromatic N) is 2. The van der Waals surface area contributed by atoms with Crippen molar-refractivity contribution >= 4 is 17.4 Å². The van der Waals surface area contributed by atoms with E-state index in [-0.39, 0.29) is 0 Å². The number of hydrogen-bond acceptors (Lipinski definition) is 3. The zero-order chi connectivity index (χ0) is 11.6. The normalized spacial score (nSPS) is 18.7. The van der Waals surface area contributed by atoms with Crippen LogP contribution < -0.4 is 4.90 Å². The Morgan fingerprint density at radius 2 is 2.19 bits per heavy atom. The summed E-state index contributed by atoms with van der Waals surface area (Å²) in [6.07, 6.45) is 5.70. The maximum Gasteiger partial charge on any atom is 0.147 e. The fourth-order valence-corrected chi connectivity index (χ4v) is 2.63. The molecule has 0 radical (unpaired) electrons. The molecule has 0 aromatic carbocycles. The lowest BCUT2D eigenvalue weighted by Gasteiger charge is -2.29. The van der Waals surface area contributed by atoms with Gasteiger partial charge in [-0.05, 0) is 25.0 Å². The van der Waals surface area contributed by atoms with E-state index in [1.165, 1.54) is 0 Å². The van der Waals surface area contributed by atoms with Gasteiger partial charge in [0.05, 0.1) is 10.6 Å². The number of aliphatic hydroxyl groups is 1. The van der Waals surface area contributed by atoms with Crippen molar-refractivity contribution in [3.63, 3.8) is 0 Å². The van der Waals surface area contributed by atoms with Crippen LogP contribution in [0.15, 0.2) is 18.3 Å². The molecule has 0 atom stereocenters. The molecule has 0 aliphatic heterocycles. The molecule has 1 aromatic heterocycles. The minimum absolute atomic E-state index is 0.560. The molecule has 16 heavy (non-hydrogen) atoms. The zero-order valence-electron chi connectivity index (χ0n) is 9.49. The van der Waals surface area contributed by atoms with Crippen LogP contribution in [0.25, 0.3) is 0 Å². The van der Waals surface area contributed by atoms with Crippen LogP contribution in [-0.4, -0.2) is 29.3 Å². The lowest BCUT2D eigenvalue weighted by Crippen LogP contribution is -2.39. The number of halogens is 1. The average molecular weight is 241 g/mol. The molecule has 1 aliphatic rings. The fraction of sp³-hybridized carbons (Fsp3) is 0.583. The molecule has 2 rings (SSSR count). The van der Waals surface area contributed by atoms with Gasteiger partial charge in [0.25, 0.3) is 0 Å². The lowest BCUT2D eigenvalue weighted by molar-refractivity contribution is 0.0558. The largest absolute Gasteiger partial charge is 0.388 e. The van der Waals surface area contributed by atoms with Gasteiger partial charge in [0.1, 0.15) is 5.82 Å². The molecule has 0 spiro atoms. The second-order valence-corrected chi connectivity index (χ2v) is 5.00. The Morgan fingerprint density at radius 3 is 2.81 bits per heavy atom. The number of likely N-dealkylation sites (N-methyl/N-ethyl adjacent to an activating group) is 1. The summed E-state index contributed by atoms with van der Waals surface area (Å²) in [6, 6.07) is 3.63. The Balaban J connectivity index is 2.08. The number of aromatic nitrogens is 1. The minimum atomic E-state index is -0.560. The van der Waals surface area contributed by atoms with Crippen LogP contribution in [0.5, 0.6) is 0 Å². The molecule has 1 aliphatic carbocycles. The van der Waals surface area contributed by atoms with Crippen molar-refractivity contribution in [2.45, 2.75) is 31.3 Å². The molecule has 1 fully saturated rings. The van der Waals surface area contributed by atoms with Gasteiger partial charge in [-0.15, -0.1) is 0 Å². The first-order chi connectivity index (χ1) is 7.61. The number of pyridine rings is 1. The molecule has 0 saturated heterocycles. The van der Waals surface area contributed by atoms with Gasteiger partial charge < -0.3 is 10.0 Å². The Morgan fingerprint density at radius 1 is 1.50 bits per heavy atom. The average Bonchev–Trinajstić information content (AvgIpc) is 2.65. The van der Waals surface area contributed by atoms with Gasteiger partial charge >= 0.3 is 0 Å². The SMILES string of the molecule is CN(CC1(O)CCCC1)c1ncccc1Cl. The van der Waals surface area contributed by atoms with Crippen molar-refractivity contribution in [1.29, 1.82) is 0 Å². The van der Waals surface area contributed by atoms with Gasteiger partial charge in [0.15, 0.2) is 0 Å². The Hall–Kier alpha value is -0.800. The third-order valence-corrected chi connectivity index (χ3v) is 3.46. The Labute approximate surface area is 101 Å². The zero-order valence-corrected chi connectivity index (χ0v) is 10.2. The third kappa shape index (κ3) is 2.47. The molecule has 1 aromatic rings.